The van der Waals surface area contributed by atoms with Gasteiger partial charge in [-0.15, -0.1) is 4.72 Å². The summed E-state index contributed by atoms with van der Waals surface area (Å²) in [4.78, 5) is -0.491. The van der Waals surface area contributed by atoms with Crippen LogP contribution in [0.3, 0.4) is 0 Å². The molecule has 0 aliphatic rings. The zero-order valence-electron chi connectivity index (χ0n) is 14.6. The predicted molar refractivity (Wildman–Crippen MR) is 98.8 cm³/mol. The number of rotatable bonds is 6. The predicted octanol–water partition coefficient (Wildman–Crippen LogP) is 3.85. The van der Waals surface area contributed by atoms with Gasteiger partial charge in [0.1, 0.15) is 4.75 Å². The average molecular weight is 402 g/mol. The molecule has 0 aromatic heterocycles. The Morgan fingerprint density at radius 2 is 1.42 bits per heavy atom. The van der Waals surface area contributed by atoms with Gasteiger partial charge in [-0.25, -0.2) is 8.42 Å². The maximum Gasteiger partial charge on any atom is 0.373 e. The Hall–Kier alpha value is -1.48. The van der Waals surface area contributed by atoms with Crippen molar-refractivity contribution in [3.8, 4) is 0 Å². The van der Waals surface area contributed by atoms with Crippen molar-refractivity contribution in [1.29, 1.82) is 0 Å². The van der Waals surface area contributed by atoms with Crippen molar-refractivity contribution in [3.63, 3.8) is 0 Å². The summed E-state index contributed by atoms with van der Waals surface area (Å²) < 4.78 is 69.5. The van der Waals surface area contributed by atoms with E-state index in [0.717, 1.165) is 12.1 Å². The molecular formula is C18H21F2NO3S2. The lowest BCUT2D eigenvalue weighted by atomic mass is 10.1. The van der Waals surface area contributed by atoms with E-state index in [0.29, 0.717) is 0 Å². The van der Waals surface area contributed by atoms with Crippen LogP contribution in [0.5, 0.6) is 0 Å². The Morgan fingerprint density at radius 3 is 1.88 bits per heavy atom. The van der Waals surface area contributed by atoms with Crippen LogP contribution in [0.4, 0.5) is 8.78 Å². The summed E-state index contributed by atoms with van der Waals surface area (Å²) in [6.07, 6.45) is 0. The molecule has 26 heavy (non-hydrogen) atoms. The van der Waals surface area contributed by atoms with Crippen LogP contribution in [0.1, 0.15) is 32.4 Å². The van der Waals surface area contributed by atoms with Gasteiger partial charge in [0.2, 0.25) is 9.84 Å². The number of hydrogen-bond donors (Lipinski definition) is 1. The normalized spacial score (nSPS) is 15.5. The average Bonchev–Trinajstić information content (AvgIpc) is 2.59. The fourth-order valence-corrected chi connectivity index (χ4v) is 4.43. The second-order valence-corrected chi connectivity index (χ2v) is 10.7. The summed E-state index contributed by atoms with van der Waals surface area (Å²) >= 11 is -1.90. The highest BCUT2D eigenvalue weighted by atomic mass is 32.2. The second kappa shape index (κ2) is 7.64. The number of halogens is 2. The number of sulfone groups is 1. The van der Waals surface area contributed by atoms with Crippen LogP contribution in [-0.4, -0.2) is 23.0 Å². The zero-order valence-corrected chi connectivity index (χ0v) is 16.3. The molecule has 0 saturated carbocycles. The van der Waals surface area contributed by atoms with Gasteiger partial charge in [0.25, 0.3) is 0 Å². The van der Waals surface area contributed by atoms with Crippen LogP contribution in [0.25, 0.3) is 0 Å². The summed E-state index contributed by atoms with van der Waals surface area (Å²) in [5, 5.41) is -4.21. The topological polar surface area (TPSA) is 69.2 Å². The van der Waals surface area contributed by atoms with E-state index < -0.39 is 42.1 Å². The summed E-state index contributed by atoms with van der Waals surface area (Å²) in [5.74, 6) is 0. The van der Waals surface area contributed by atoms with Gasteiger partial charge in [-0.3, -0.25) is 0 Å². The van der Waals surface area contributed by atoms with Crippen molar-refractivity contribution in [2.75, 3.05) is 0 Å². The minimum atomic E-state index is -5.01. The van der Waals surface area contributed by atoms with E-state index in [1.165, 1.54) is 36.4 Å². The van der Waals surface area contributed by atoms with Crippen molar-refractivity contribution in [2.24, 2.45) is 0 Å². The summed E-state index contributed by atoms with van der Waals surface area (Å²) in [6.45, 7) is 4.84. The van der Waals surface area contributed by atoms with Gasteiger partial charge < -0.3 is 4.55 Å². The van der Waals surface area contributed by atoms with Crippen LogP contribution in [-0.2, 0) is 21.2 Å². The van der Waals surface area contributed by atoms with E-state index in [1.54, 1.807) is 32.9 Å². The Labute approximate surface area is 155 Å². The molecular weight excluding hydrogens is 380 g/mol. The molecule has 0 aliphatic carbocycles. The number of nitrogens with one attached hydrogen (secondary N) is 1. The van der Waals surface area contributed by atoms with E-state index >= 15 is 8.78 Å². The highest BCUT2D eigenvalue weighted by Crippen LogP contribution is 2.41. The van der Waals surface area contributed by atoms with Crippen LogP contribution < -0.4 is 4.72 Å². The molecule has 2 atom stereocenters. The summed E-state index contributed by atoms with van der Waals surface area (Å²) in [7, 11) is -5.01. The van der Waals surface area contributed by atoms with Crippen LogP contribution in [0.2, 0.25) is 0 Å². The molecule has 0 heterocycles. The van der Waals surface area contributed by atoms with Gasteiger partial charge in [0.15, 0.2) is 6.04 Å². The highest BCUT2D eigenvalue weighted by molar-refractivity contribution is 7.93. The molecule has 2 aromatic rings. The van der Waals surface area contributed by atoms with Gasteiger partial charge >= 0.3 is 5.25 Å². The first kappa shape index (κ1) is 20.8. The van der Waals surface area contributed by atoms with Crippen molar-refractivity contribution in [1.82, 2.24) is 4.72 Å². The summed E-state index contributed by atoms with van der Waals surface area (Å²) in [5.41, 5.74) is 0.0367. The largest absolute Gasteiger partial charge is 0.598 e. The molecule has 0 radical (unpaired) electrons. The molecule has 0 bridgehead atoms. The van der Waals surface area contributed by atoms with Gasteiger partial charge in [-0.1, -0.05) is 48.5 Å². The maximum absolute atomic E-state index is 15.2. The third kappa shape index (κ3) is 4.25. The molecule has 0 fully saturated rings. The van der Waals surface area contributed by atoms with Crippen molar-refractivity contribution >= 4 is 21.2 Å². The van der Waals surface area contributed by atoms with Gasteiger partial charge in [-0.05, 0) is 38.5 Å². The molecule has 2 aromatic carbocycles. The van der Waals surface area contributed by atoms with Gasteiger partial charge in [0, 0.05) is 11.4 Å². The van der Waals surface area contributed by atoms with Crippen molar-refractivity contribution < 1.29 is 21.8 Å². The molecule has 2 rings (SSSR count). The molecule has 4 nitrogen and oxygen atoms in total. The van der Waals surface area contributed by atoms with Gasteiger partial charge in [0.05, 0.1) is 4.90 Å². The monoisotopic (exact) mass is 401 g/mol. The molecule has 142 valence electrons. The Kier molecular flexibility index (Phi) is 6.12. The van der Waals surface area contributed by atoms with Crippen LogP contribution in [0.15, 0.2) is 65.6 Å². The summed E-state index contributed by atoms with van der Waals surface area (Å²) in [6, 6.07) is 12.0. The Bertz CT molecular complexity index is 823. The number of benzene rings is 2. The highest BCUT2D eigenvalue weighted by Gasteiger charge is 2.56. The SMILES string of the molecule is CC(C)(C)[S+]([O-])N[C@H](c1ccccc1)C(F)(F)S(=O)(=O)c1ccccc1. The molecule has 0 spiro atoms. The number of hydrogen-bond acceptors (Lipinski definition) is 4. The minimum absolute atomic E-state index is 0.0367. The quantitative estimate of drug-likeness (QED) is 0.747. The lowest BCUT2D eigenvalue weighted by molar-refractivity contribution is 0.0553. The number of alkyl halides is 2. The third-order valence-corrected chi connectivity index (χ3v) is 7.07. The lowest BCUT2D eigenvalue weighted by Crippen LogP contribution is -2.49. The van der Waals surface area contributed by atoms with Gasteiger partial charge in [-0.2, -0.15) is 8.78 Å². The van der Waals surface area contributed by atoms with E-state index in [-0.39, 0.29) is 5.56 Å². The first-order valence-corrected chi connectivity index (χ1v) is 10.5. The smallest absolute Gasteiger partial charge is 0.373 e. The molecule has 1 unspecified atom stereocenters. The fraction of sp³-hybridized carbons (Fsp3) is 0.333. The minimum Gasteiger partial charge on any atom is -0.598 e. The maximum atomic E-state index is 15.2. The molecule has 0 aliphatic heterocycles. The lowest BCUT2D eigenvalue weighted by Gasteiger charge is -2.32. The van der Waals surface area contributed by atoms with E-state index in [4.69, 9.17) is 0 Å². The molecule has 8 heteroatoms. The first-order valence-electron chi connectivity index (χ1n) is 7.88. The third-order valence-electron chi connectivity index (χ3n) is 3.66. The first-order chi connectivity index (χ1) is 12.0. The van der Waals surface area contributed by atoms with Crippen LogP contribution >= 0.6 is 0 Å². The molecule has 0 saturated heterocycles. The van der Waals surface area contributed by atoms with E-state index in [1.807, 2.05) is 0 Å². The zero-order chi connectivity index (χ0) is 19.6. The molecule has 0 amide bonds. The van der Waals surface area contributed by atoms with Crippen LogP contribution in [0, 0.1) is 0 Å². The van der Waals surface area contributed by atoms with Crippen molar-refractivity contribution in [2.45, 2.75) is 41.7 Å². The van der Waals surface area contributed by atoms with E-state index in [2.05, 4.69) is 4.72 Å². The molecule has 1 N–H and O–H groups in total. The standard InChI is InChI=1S/C18H21F2NO3S2/c1-17(2,3)25(22)21-16(14-10-6-4-7-11-14)18(19,20)26(23,24)15-12-8-5-9-13-15/h4-13,16,21H,1-3H3/t16-,25?/m1/s1. The van der Waals surface area contributed by atoms with E-state index in [9.17, 15) is 13.0 Å². The van der Waals surface area contributed by atoms with Crippen molar-refractivity contribution in [3.05, 3.63) is 66.2 Å². The second-order valence-electron chi connectivity index (χ2n) is 6.72. The Balaban J connectivity index is 2.53. The Morgan fingerprint density at radius 1 is 0.962 bits per heavy atom. The fourth-order valence-electron chi connectivity index (χ4n) is 2.17.